The summed E-state index contributed by atoms with van der Waals surface area (Å²) < 4.78 is 0. The molecule has 0 aliphatic heterocycles. The van der Waals surface area contributed by atoms with Crippen molar-refractivity contribution >= 4 is 33.5 Å². The highest BCUT2D eigenvalue weighted by molar-refractivity contribution is 6.12. The van der Waals surface area contributed by atoms with Crippen molar-refractivity contribution in [3.63, 3.8) is 0 Å². The van der Waals surface area contributed by atoms with Crippen molar-refractivity contribution in [3.05, 3.63) is 83.9 Å². The second-order valence-electron chi connectivity index (χ2n) is 6.06. The lowest BCUT2D eigenvalue weighted by Gasteiger charge is -2.13. The second kappa shape index (κ2) is 6.01. The van der Waals surface area contributed by atoms with Gasteiger partial charge in [0.2, 0.25) is 0 Å². The van der Waals surface area contributed by atoms with Crippen molar-refractivity contribution in [2.24, 2.45) is 0 Å². The Morgan fingerprint density at radius 3 is 1.77 bits per heavy atom. The van der Waals surface area contributed by atoms with Crippen LogP contribution < -0.4 is 0 Å². The third-order valence-corrected chi connectivity index (χ3v) is 4.54. The highest BCUT2D eigenvalue weighted by atomic mass is 16.4. The summed E-state index contributed by atoms with van der Waals surface area (Å²) in [5.74, 6) is -2.30. The molecular formula is C22H14O4. The predicted octanol–water partition coefficient (Wildman–Crippen LogP) is 5.06. The van der Waals surface area contributed by atoms with Crippen LogP contribution in [0.1, 0.15) is 20.7 Å². The average molecular weight is 342 g/mol. The number of rotatable bonds is 3. The molecule has 4 nitrogen and oxygen atoms in total. The lowest BCUT2D eigenvalue weighted by Crippen LogP contribution is -2.07. The summed E-state index contributed by atoms with van der Waals surface area (Å²) in [6, 6.07) is 21.7. The monoisotopic (exact) mass is 342 g/mol. The zero-order valence-corrected chi connectivity index (χ0v) is 13.6. The maximum Gasteiger partial charge on any atom is 0.336 e. The fourth-order valence-corrected chi connectivity index (χ4v) is 3.38. The van der Waals surface area contributed by atoms with E-state index in [0.29, 0.717) is 5.56 Å². The fraction of sp³-hybridized carbons (Fsp3) is 0. The van der Waals surface area contributed by atoms with E-state index in [1.165, 1.54) is 18.2 Å². The quantitative estimate of drug-likeness (QED) is 0.511. The molecule has 0 saturated carbocycles. The number of benzene rings is 4. The van der Waals surface area contributed by atoms with Crippen molar-refractivity contribution in [2.75, 3.05) is 0 Å². The number of carbonyl (C=O) groups is 2. The largest absolute Gasteiger partial charge is 0.478 e. The van der Waals surface area contributed by atoms with Gasteiger partial charge in [-0.1, -0.05) is 48.5 Å². The van der Waals surface area contributed by atoms with E-state index < -0.39 is 11.9 Å². The summed E-state index contributed by atoms with van der Waals surface area (Å²) in [7, 11) is 0. The topological polar surface area (TPSA) is 74.6 Å². The van der Waals surface area contributed by atoms with Crippen molar-refractivity contribution in [1.82, 2.24) is 0 Å². The maximum absolute atomic E-state index is 11.7. The highest BCUT2D eigenvalue weighted by Gasteiger charge is 2.21. The molecule has 0 aromatic heterocycles. The minimum Gasteiger partial charge on any atom is -0.478 e. The number of fused-ring (bicyclic) bond motifs is 2. The first-order chi connectivity index (χ1) is 12.6. The molecule has 0 atom stereocenters. The first-order valence-corrected chi connectivity index (χ1v) is 8.08. The molecule has 0 amide bonds. The molecular weight excluding hydrogens is 328 g/mol. The average Bonchev–Trinajstić information content (AvgIpc) is 2.65. The Labute approximate surface area is 148 Å². The smallest absolute Gasteiger partial charge is 0.336 e. The van der Waals surface area contributed by atoms with Gasteiger partial charge < -0.3 is 10.2 Å². The van der Waals surface area contributed by atoms with E-state index in [2.05, 4.69) is 0 Å². The minimum absolute atomic E-state index is 0.0226. The van der Waals surface area contributed by atoms with Crippen LogP contribution in [0.2, 0.25) is 0 Å². The molecule has 126 valence electrons. The van der Waals surface area contributed by atoms with E-state index in [0.717, 1.165) is 21.5 Å². The lowest BCUT2D eigenvalue weighted by atomic mass is 9.89. The molecule has 0 radical (unpaired) electrons. The minimum atomic E-state index is -1.15. The maximum atomic E-state index is 11.7. The van der Waals surface area contributed by atoms with E-state index in [1.807, 2.05) is 48.5 Å². The van der Waals surface area contributed by atoms with Gasteiger partial charge in [-0.15, -0.1) is 0 Å². The molecule has 4 aromatic rings. The van der Waals surface area contributed by atoms with Gasteiger partial charge >= 0.3 is 11.9 Å². The van der Waals surface area contributed by atoms with Crippen LogP contribution in [0.15, 0.2) is 72.8 Å². The summed E-state index contributed by atoms with van der Waals surface area (Å²) in [5.41, 5.74) is 0.785. The summed E-state index contributed by atoms with van der Waals surface area (Å²) in [6.07, 6.45) is 0. The molecule has 0 unspecified atom stereocenters. The molecule has 0 saturated heterocycles. The Bertz CT molecular complexity index is 1160. The molecule has 0 aliphatic carbocycles. The van der Waals surface area contributed by atoms with E-state index in [9.17, 15) is 19.8 Å². The third kappa shape index (κ3) is 2.48. The first kappa shape index (κ1) is 15.8. The number of hydrogen-bond acceptors (Lipinski definition) is 2. The van der Waals surface area contributed by atoms with Crippen LogP contribution >= 0.6 is 0 Å². The molecule has 26 heavy (non-hydrogen) atoms. The van der Waals surface area contributed by atoms with E-state index in [-0.39, 0.29) is 16.7 Å². The van der Waals surface area contributed by atoms with Crippen LogP contribution in [-0.4, -0.2) is 22.2 Å². The summed E-state index contributed by atoms with van der Waals surface area (Å²) in [4.78, 5) is 23.5. The molecule has 0 spiro atoms. The van der Waals surface area contributed by atoms with Gasteiger partial charge in [-0.2, -0.15) is 0 Å². The summed E-state index contributed by atoms with van der Waals surface area (Å²) >= 11 is 0. The van der Waals surface area contributed by atoms with Gasteiger partial charge in [0.1, 0.15) is 0 Å². The Morgan fingerprint density at radius 1 is 0.615 bits per heavy atom. The van der Waals surface area contributed by atoms with Gasteiger partial charge in [0.05, 0.1) is 11.1 Å². The Hall–Kier alpha value is -3.66. The first-order valence-electron chi connectivity index (χ1n) is 8.08. The fourth-order valence-electron chi connectivity index (χ4n) is 3.38. The number of aromatic carboxylic acids is 2. The molecule has 0 bridgehead atoms. The molecule has 4 aromatic carbocycles. The Kier molecular flexibility index (Phi) is 3.66. The van der Waals surface area contributed by atoms with E-state index >= 15 is 0 Å². The number of carboxylic acids is 2. The summed E-state index contributed by atoms with van der Waals surface area (Å²) in [5, 5.41) is 23.0. The van der Waals surface area contributed by atoms with Gasteiger partial charge in [-0.05, 0) is 51.4 Å². The van der Waals surface area contributed by atoms with Crippen LogP contribution in [0.5, 0.6) is 0 Å². The third-order valence-electron chi connectivity index (χ3n) is 4.54. The van der Waals surface area contributed by atoms with Crippen molar-refractivity contribution < 1.29 is 19.8 Å². The van der Waals surface area contributed by atoms with Crippen LogP contribution in [0, 0.1) is 0 Å². The normalized spacial score (nSPS) is 10.9. The van der Waals surface area contributed by atoms with Gasteiger partial charge in [0.15, 0.2) is 0 Å². The van der Waals surface area contributed by atoms with Crippen molar-refractivity contribution in [1.29, 1.82) is 0 Å². The SMILES string of the molecule is O=C(O)c1cccc(C(=O)O)c1-c1cccc2cc3ccccc3cc12. The predicted molar refractivity (Wildman–Crippen MR) is 101 cm³/mol. The molecule has 0 fully saturated rings. The molecule has 0 aliphatic rings. The standard InChI is InChI=1S/C22H14O4/c23-21(24)17-9-4-10-18(22(25)26)20(17)16-8-3-7-15-11-13-5-1-2-6-14(13)12-19(15)16/h1-12H,(H,23,24)(H,25,26). The van der Waals surface area contributed by atoms with Gasteiger partial charge in [0.25, 0.3) is 0 Å². The molecule has 2 N–H and O–H groups in total. The zero-order chi connectivity index (χ0) is 18.3. The molecule has 0 heterocycles. The van der Waals surface area contributed by atoms with Gasteiger partial charge in [-0.25, -0.2) is 9.59 Å². The molecule has 4 rings (SSSR count). The van der Waals surface area contributed by atoms with Gasteiger partial charge in [-0.3, -0.25) is 0 Å². The Morgan fingerprint density at radius 2 is 1.15 bits per heavy atom. The van der Waals surface area contributed by atoms with Crippen LogP contribution in [0.25, 0.3) is 32.7 Å². The Balaban J connectivity index is 2.14. The van der Waals surface area contributed by atoms with Crippen LogP contribution in [0.3, 0.4) is 0 Å². The van der Waals surface area contributed by atoms with E-state index in [1.54, 1.807) is 6.07 Å². The second-order valence-corrected chi connectivity index (χ2v) is 6.06. The highest BCUT2D eigenvalue weighted by Crippen LogP contribution is 2.35. The molecule has 4 heteroatoms. The van der Waals surface area contributed by atoms with Crippen molar-refractivity contribution in [2.45, 2.75) is 0 Å². The number of hydrogen-bond donors (Lipinski definition) is 2. The van der Waals surface area contributed by atoms with Gasteiger partial charge in [0, 0.05) is 5.56 Å². The van der Waals surface area contributed by atoms with Crippen LogP contribution in [-0.2, 0) is 0 Å². The summed E-state index contributed by atoms with van der Waals surface area (Å²) in [6.45, 7) is 0. The van der Waals surface area contributed by atoms with Crippen LogP contribution in [0.4, 0.5) is 0 Å². The van der Waals surface area contributed by atoms with E-state index in [4.69, 9.17) is 0 Å². The lowest BCUT2D eigenvalue weighted by molar-refractivity contribution is 0.0696. The van der Waals surface area contributed by atoms with Crippen molar-refractivity contribution in [3.8, 4) is 11.1 Å². The number of carboxylic acid groups (broad SMARTS) is 2. The zero-order valence-electron chi connectivity index (χ0n) is 13.6.